The van der Waals surface area contributed by atoms with Crippen LogP contribution in [0.4, 0.5) is 33.1 Å². The van der Waals surface area contributed by atoms with Crippen LogP contribution in [0, 0.1) is 40.2 Å². The van der Waals surface area contributed by atoms with Gasteiger partial charge < -0.3 is 51.2 Å². The van der Waals surface area contributed by atoms with Crippen molar-refractivity contribution in [2.75, 3.05) is 58.5 Å². The molecular formula is C57H76F4N12O9. The highest BCUT2D eigenvalue weighted by Gasteiger charge is 2.50. The minimum absolute atomic E-state index is 0.0937. The van der Waals surface area contributed by atoms with Crippen molar-refractivity contribution < 1.29 is 60.9 Å². The molecule has 446 valence electrons. The van der Waals surface area contributed by atoms with Crippen LogP contribution in [0.15, 0.2) is 59.9 Å². The second kappa shape index (κ2) is 28.1. The maximum Gasteiger partial charge on any atom is 0.407 e. The third kappa shape index (κ3) is 17.3. The lowest BCUT2D eigenvalue weighted by molar-refractivity contribution is -0.142. The molecule has 4 saturated heterocycles. The van der Waals surface area contributed by atoms with Gasteiger partial charge in [-0.05, 0) is 65.5 Å². The molecule has 3 aromatic rings. The number of benzene rings is 2. The van der Waals surface area contributed by atoms with Crippen molar-refractivity contribution in [1.29, 1.82) is 0 Å². The topological polar surface area (TPSA) is 267 Å². The van der Waals surface area contributed by atoms with Gasteiger partial charge in [0.1, 0.15) is 29.8 Å². The number of alkyl carbamates (subject to hydrolysis) is 2. The van der Waals surface area contributed by atoms with Crippen LogP contribution >= 0.6 is 0 Å². The van der Waals surface area contributed by atoms with Gasteiger partial charge in [-0.2, -0.15) is 0 Å². The predicted molar refractivity (Wildman–Crippen MR) is 298 cm³/mol. The molecule has 2 aromatic carbocycles. The van der Waals surface area contributed by atoms with E-state index in [-0.39, 0.29) is 17.7 Å². The first kappa shape index (κ1) is 63.8. The van der Waals surface area contributed by atoms with Gasteiger partial charge in [-0.1, -0.05) is 79.4 Å². The second-order valence-electron chi connectivity index (χ2n) is 23.1. The number of methoxy groups -OCH3 is 2. The maximum absolute atomic E-state index is 16.1. The number of carbonyl (C=O) groups excluding carboxylic acids is 5. The Labute approximate surface area is 475 Å². The third-order valence-corrected chi connectivity index (χ3v) is 14.3. The lowest BCUT2D eigenvalue weighted by Gasteiger charge is -2.60. The first-order valence-corrected chi connectivity index (χ1v) is 26.9. The average molecular weight is 1150 g/mol. The number of aliphatic hydroxyl groups excluding tert-OH is 1. The molecule has 7 atom stereocenters. The van der Waals surface area contributed by atoms with Crippen LogP contribution in [-0.4, -0.2) is 170 Å². The summed E-state index contributed by atoms with van der Waals surface area (Å²) in [5.74, 6) is 1.79. The fourth-order valence-corrected chi connectivity index (χ4v) is 9.70. The van der Waals surface area contributed by atoms with Crippen molar-refractivity contribution in [1.82, 2.24) is 46.6 Å². The molecule has 5 heterocycles. The number of allylic oxidation sites excluding steroid dienone is 1. The van der Waals surface area contributed by atoms with Gasteiger partial charge in [0.05, 0.1) is 57.7 Å². The van der Waals surface area contributed by atoms with Gasteiger partial charge in [0.25, 0.3) is 12.3 Å². The summed E-state index contributed by atoms with van der Waals surface area (Å²) in [6.45, 7) is 14.4. The van der Waals surface area contributed by atoms with E-state index in [1.54, 1.807) is 92.0 Å². The Balaban J connectivity index is 1.29. The largest absolute Gasteiger partial charge is 0.453 e. The summed E-state index contributed by atoms with van der Waals surface area (Å²) >= 11 is 0. The minimum atomic E-state index is -2.73. The summed E-state index contributed by atoms with van der Waals surface area (Å²) in [6.07, 6.45) is 0.256. The molecule has 0 saturated carbocycles. The number of aromatic nitrogens is 2. The van der Waals surface area contributed by atoms with E-state index in [9.17, 15) is 37.9 Å². The van der Waals surface area contributed by atoms with E-state index in [1.165, 1.54) is 0 Å². The summed E-state index contributed by atoms with van der Waals surface area (Å²) in [7, 11) is 2.24. The number of nitrogens with two attached hydrogens (primary N) is 1. The van der Waals surface area contributed by atoms with Gasteiger partial charge in [0.15, 0.2) is 0 Å². The Morgan fingerprint density at radius 3 is 1.95 bits per heavy atom. The Hall–Kier alpha value is -7.40. The molecule has 21 nitrogen and oxygen atoms in total. The Morgan fingerprint density at radius 2 is 1.41 bits per heavy atom. The monoisotopic (exact) mass is 1150 g/mol. The van der Waals surface area contributed by atoms with E-state index >= 15 is 8.78 Å². The van der Waals surface area contributed by atoms with Crippen molar-refractivity contribution >= 4 is 47.8 Å². The van der Waals surface area contributed by atoms with Crippen LogP contribution in [0.3, 0.4) is 0 Å². The predicted octanol–water partition coefficient (Wildman–Crippen LogP) is 4.06. The van der Waals surface area contributed by atoms with Crippen molar-refractivity contribution in [2.45, 2.75) is 130 Å². The summed E-state index contributed by atoms with van der Waals surface area (Å²) in [5.41, 5.74) is 7.45. The molecule has 0 radical (unpaired) electrons. The van der Waals surface area contributed by atoms with Crippen LogP contribution < -0.4 is 37.3 Å². The minimum Gasteiger partial charge on any atom is -0.453 e. The van der Waals surface area contributed by atoms with Crippen LogP contribution in [0.25, 0.3) is 5.70 Å². The van der Waals surface area contributed by atoms with Crippen molar-refractivity contribution in [3.63, 3.8) is 0 Å². The normalized spacial score (nSPS) is 18.5. The molecule has 8 N–H and O–H groups in total. The molecule has 0 aliphatic carbocycles. The summed E-state index contributed by atoms with van der Waals surface area (Å²) in [4.78, 5) is 84.9. The third-order valence-electron chi connectivity index (χ3n) is 14.3. The van der Waals surface area contributed by atoms with Crippen LogP contribution in [-0.2, 0) is 41.6 Å². The number of nitrogens with one attached hydrogen (secondary N) is 5. The van der Waals surface area contributed by atoms with Gasteiger partial charge in [-0.3, -0.25) is 29.7 Å². The van der Waals surface area contributed by atoms with E-state index in [0.717, 1.165) is 76.4 Å². The highest BCUT2D eigenvalue weighted by molar-refractivity contribution is 5.92. The number of anilines is 1. The number of hydrogen-bond donors (Lipinski definition) is 7. The molecule has 4 aliphatic rings. The number of carbonyl (C=O) groups is 5. The van der Waals surface area contributed by atoms with Crippen molar-refractivity contribution in [3.8, 4) is 11.8 Å². The molecule has 2 unspecified atom stereocenters. The molecule has 2 bridgehead atoms. The highest BCUT2D eigenvalue weighted by atomic mass is 19.3. The number of halogens is 4. The number of aliphatic hydroxyl groups is 1. The van der Waals surface area contributed by atoms with Gasteiger partial charge in [-0.25, -0.2) is 42.1 Å². The Bertz CT molecular complexity index is 2820. The standard InChI is InChI=1S/C57H76F4N12O9/c1-32(2)47(67-54(78)80-9)50(75)68-48(56(3,4)5)51(76)66-44(19-34-14-11-33(12-15-34)13-16-35-23-64-53(65-24-35)71-26-37-22-38(27-71)73(37)39-30-82-31-39)45(74)29-72(70-52(77)49(57(6,7)8)69-55(79)81-10)28-40-41(58)20-36(21-42(40)59)43(62)17-18-63-25-46(60)61/h11-12,14-15,17-18,20-21,23-24,32,37-39,44-49,74H,19,22,25-31,62H2,1-10H3,(H,66,76)(H,67,78)(H,68,75)(H,69,79)(H,70,77)/t37?,38?,44-,45-,47-,48+,49+/m0/s1. The summed E-state index contributed by atoms with van der Waals surface area (Å²) < 4.78 is 72.5. The van der Waals surface area contributed by atoms with E-state index in [1.807, 2.05) is 0 Å². The number of rotatable bonds is 22. The number of fused-ring (bicyclic) bond motifs is 2. The van der Waals surface area contributed by atoms with Crippen LogP contribution in [0.1, 0.15) is 89.6 Å². The smallest absolute Gasteiger partial charge is 0.407 e. The molecule has 7 rings (SSSR count). The molecule has 82 heavy (non-hydrogen) atoms. The highest BCUT2D eigenvalue weighted by Crippen LogP contribution is 2.37. The summed E-state index contributed by atoms with van der Waals surface area (Å²) in [5, 5.41) is 24.0. The molecule has 0 spiro atoms. The first-order valence-electron chi connectivity index (χ1n) is 26.9. The van der Waals surface area contributed by atoms with E-state index in [2.05, 4.69) is 63.3 Å². The lowest BCUT2D eigenvalue weighted by Crippen LogP contribution is -2.74. The Kier molecular flexibility index (Phi) is 21.8. The SMILES string of the molecule is COC(=O)N[C@H](C(=O)N[C@H](C(=O)N[C@@H](Cc1ccc(C#Cc2cnc(N3CC4CC(C3)N4C3COC3)nc2)cc1)[C@@H](O)CN(Cc1c(F)cc(C(N)=CC=NCC(F)F)cc1F)NC(=O)[C@@H](NC(=O)OC)C(C)(C)C)C(C)(C)C)C(C)C. The quantitative estimate of drug-likeness (QED) is 0.0324. The summed E-state index contributed by atoms with van der Waals surface area (Å²) in [6, 6.07) is 5.12. The zero-order valence-electron chi connectivity index (χ0n) is 47.9. The van der Waals surface area contributed by atoms with Crippen LogP contribution in [0.2, 0.25) is 0 Å². The number of alkyl halides is 2. The molecule has 25 heteroatoms. The molecule has 5 amide bonds. The van der Waals surface area contributed by atoms with E-state index < -0.39 is 120 Å². The number of piperidine rings is 1. The number of nitrogens with zero attached hydrogens (tertiary/aromatic N) is 6. The first-order chi connectivity index (χ1) is 38.6. The van der Waals surface area contributed by atoms with E-state index in [0.29, 0.717) is 40.8 Å². The maximum atomic E-state index is 16.1. The molecule has 1 aromatic heterocycles. The number of piperazine rings is 1. The number of aliphatic imine (C=N–C) groups is 1. The van der Waals surface area contributed by atoms with Gasteiger partial charge in [0, 0.05) is 79.3 Å². The van der Waals surface area contributed by atoms with Gasteiger partial charge >= 0.3 is 12.2 Å². The second-order valence-corrected chi connectivity index (χ2v) is 23.1. The number of hydrazine groups is 1. The van der Waals surface area contributed by atoms with Crippen molar-refractivity contribution in [3.05, 3.63) is 94.3 Å². The van der Waals surface area contributed by atoms with E-state index in [4.69, 9.17) is 19.9 Å². The average Bonchev–Trinajstić information content (AvgIpc) is 3.43. The lowest BCUT2D eigenvalue weighted by atomic mass is 9.85. The Morgan fingerprint density at radius 1 is 0.841 bits per heavy atom. The van der Waals surface area contributed by atoms with Crippen molar-refractivity contribution in [2.24, 2.45) is 27.5 Å². The fraction of sp³-hybridized carbons (Fsp3) is 0.544. The zero-order chi connectivity index (χ0) is 60.2. The molecule has 4 aliphatic heterocycles. The van der Waals surface area contributed by atoms with Gasteiger partial charge in [0.2, 0.25) is 17.8 Å². The van der Waals surface area contributed by atoms with Gasteiger partial charge in [-0.15, -0.1) is 0 Å². The zero-order valence-corrected chi connectivity index (χ0v) is 47.9. The van der Waals surface area contributed by atoms with Crippen LogP contribution in [0.5, 0.6) is 0 Å². The number of hydrogen-bond acceptors (Lipinski definition) is 16. The number of amides is 5. The molecular weight excluding hydrogens is 1070 g/mol. The molecule has 4 fully saturated rings. The fourth-order valence-electron chi connectivity index (χ4n) is 9.70. The number of ether oxygens (including phenoxy) is 3.